The number of urea groups is 1. The third-order valence-corrected chi connectivity index (χ3v) is 2.81. The molecule has 1 atom stereocenters. The van der Waals surface area contributed by atoms with Gasteiger partial charge < -0.3 is 20.5 Å². The Hall–Kier alpha value is -1.75. The Morgan fingerprint density at radius 1 is 1.30 bits per heavy atom. The Labute approximate surface area is 120 Å². The van der Waals surface area contributed by atoms with E-state index in [1.165, 1.54) is 0 Å². The number of para-hydroxylation sites is 1. The van der Waals surface area contributed by atoms with Gasteiger partial charge in [-0.15, -0.1) is 0 Å². The molecule has 1 aromatic rings. The molecule has 20 heavy (non-hydrogen) atoms. The van der Waals surface area contributed by atoms with Crippen molar-refractivity contribution in [2.75, 3.05) is 19.7 Å². The molecule has 0 heterocycles. The third kappa shape index (κ3) is 6.99. The molecule has 0 aromatic heterocycles. The zero-order valence-corrected chi connectivity index (χ0v) is 12.2. The summed E-state index contributed by atoms with van der Waals surface area (Å²) in [5.41, 5.74) is 1.11. The molecular formula is C15H24N2O3. The van der Waals surface area contributed by atoms with E-state index in [1.54, 1.807) is 6.92 Å². The van der Waals surface area contributed by atoms with E-state index in [4.69, 9.17) is 9.84 Å². The van der Waals surface area contributed by atoms with Crippen molar-refractivity contribution in [1.82, 2.24) is 10.6 Å². The van der Waals surface area contributed by atoms with Crippen molar-refractivity contribution < 1.29 is 14.6 Å². The van der Waals surface area contributed by atoms with Gasteiger partial charge >= 0.3 is 6.03 Å². The van der Waals surface area contributed by atoms with E-state index in [2.05, 4.69) is 10.6 Å². The third-order valence-electron chi connectivity index (χ3n) is 2.81. The van der Waals surface area contributed by atoms with E-state index >= 15 is 0 Å². The van der Waals surface area contributed by atoms with Crippen LogP contribution in [0.15, 0.2) is 24.3 Å². The number of ether oxygens (including phenoxy) is 1. The molecular weight excluding hydrogens is 256 g/mol. The number of carbonyl (C=O) groups is 1. The van der Waals surface area contributed by atoms with Crippen LogP contribution in [0.2, 0.25) is 0 Å². The summed E-state index contributed by atoms with van der Waals surface area (Å²) < 4.78 is 5.63. The lowest BCUT2D eigenvalue weighted by Gasteiger charge is -2.10. The lowest BCUT2D eigenvalue weighted by atomic mass is 10.2. The summed E-state index contributed by atoms with van der Waals surface area (Å²) in [4.78, 5) is 11.4. The van der Waals surface area contributed by atoms with Crippen LogP contribution < -0.4 is 15.4 Å². The highest BCUT2D eigenvalue weighted by Crippen LogP contribution is 2.15. The number of amides is 2. The van der Waals surface area contributed by atoms with Gasteiger partial charge in [-0.05, 0) is 38.3 Å². The number of hydrogen-bond donors (Lipinski definition) is 3. The molecule has 0 aliphatic rings. The summed E-state index contributed by atoms with van der Waals surface area (Å²) in [6.45, 7) is 5.31. The van der Waals surface area contributed by atoms with E-state index in [1.807, 2.05) is 31.2 Å². The van der Waals surface area contributed by atoms with E-state index in [-0.39, 0.29) is 6.03 Å². The second-order valence-electron chi connectivity index (χ2n) is 4.79. The number of hydrogen-bond acceptors (Lipinski definition) is 3. The van der Waals surface area contributed by atoms with Gasteiger partial charge in [-0.3, -0.25) is 0 Å². The van der Waals surface area contributed by atoms with Crippen LogP contribution in [0.1, 0.15) is 25.3 Å². The largest absolute Gasteiger partial charge is 0.493 e. The summed E-state index contributed by atoms with van der Waals surface area (Å²) in [7, 11) is 0. The van der Waals surface area contributed by atoms with Crippen molar-refractivity contribution >= 4 is 6.03 Å². The molecule has 1 rings (SSSR count). The number of aryl methyl sites for hydroxylation is 1. The number of nitrogens with one attached hydrogen (secondary N) is 2. The highest BCUT2D eigenvalue weighted by molar-refractivity contribution is 5.73. The van der Waals surface area contributed by atoms with Gasteiger partial charge in [0, 0.05) is 13.1 Å². The average Bonchev–Trinajstić information content (AvgIpc) is 2.40. The predicted molar refractivity (Wildman–Crippen MR) is 79.0 cm³/mol. The maximum absolute atomic E-state index is 11.4. The molecule has 5 nitrogen and oxygen atoms in total. The topological polar surface area (TPSA) is 70.6 Å². The van der Waals surface area contributed by atoms with Crippen molar-refractivity contribution in [3.8, 4) is 5.75 Å². The second-order valence-corrected chi connectivity index (χ2v) is 4.79. The first-order valence-electron chi connectivity index (χ1n) is 6.98. The maximum Gasteiger partial charge on any atom is 0.314 e. The molecule has 0 bridgehead atoms. The Kier molecular flexibility index (Phi) is 7.50. The fourth-order valence-corrected chi connectivity index (χ4v) is 1.63. The van der Waals surface area contributed by atoms with Gasteiger partial charge in [-0.1, -0.05) is 18.2 Å². The Bertz CT molecular complexity index is 408. The predicted octanol–water partition coefficient (Wildman–Crippen LogP) is 1.83. The van der Waals surface area contributed by atoms with Crippen molar-refractivity contribution in [3.63, 3.8) is 0 Å². The summed E-state index contributed by atoms with van der Waals surface area (Å²) in [5, 5.41) is 14.5. The lowest BCUT2D eigenvalue weighted by molar-refractivity contribution is 0.183. The minimum Gasteiger partial charge on any atom is -0.493 e. The van der Waals surface area contributed by atoms with Gasteiger partial charge in [0.2, 0.25) is 0 Å². The van der Waals surface area contributed by atoms with Crippen LogP contribution in [-0.2, 0) is 0 Å². The van der Waals surface area contributed by atoms with Crippen LogP contribution in [0, 0.1) is 6.92 Å². The standard InChI is InChI=1S/C15H24N2O3/c1-12-6-3-4-7-14(12)20-11-5-9-16-15(19)17-10-8-13(2)18/h3-4,6-7,13,18H,5,8-11H2,1-2H3,(H2,16,17,19). The first kappa shape index (κ1) is 16.3. The highest BCUT2D eigenvalue weighted by atomic mass is 16.5. The SMILES string of the molecule is Cc1ccccc1OCCCNC(=O)NCCC(C)O. The first-order valence-corrected chi connectivity index (χ1v) is 6.98. The van der Waals surface area contributed by atoms with Crippen LogP contribution >= 0.6 is 0 Å². The van der Waals surface area contributed by atoms with Gasteiger partial charge in [0.1, 0.15) is 5.75 Å². The second kappa shape index (κ2) is 9.20. The van der Waals surface area contributed by atoms with Crippen molar-refractivity contribution in [2.45, 2.75) is 32.8 Å². The first-order chi connectivity index (χ1) is 9.59. The Morgan fingerprint density at radius 3 is 2.70 bits per heavy atom. The van der Waals surface area contributed by atoms with E-state index in [9.17, 15) is 4.79 Å². The van der Waals surface area contributed by atoms with Gasteiger partial charge in [0.05, 0.1) is 12.7 Å². The molecule has 2 amide bonds. The monoisotopic (exact) mass is 280 g/mol. The molecule has 0 radical (unpaired) electrons. The van der Waals surface area contributed by atoms with Crippen LogP contribution in [0.4, 0.5) is 4.79 Å². The Balaban J connectivity index is 2.04. The normalized spacial score (nSPS) is 11.8. The average molecular weight is 280 g/mol. The quantitative estimate of drug-likeness (QED) is 0.636. The number of aliphatic hydroxyl groups is 1. The minimum atomic E-state index is -0.391. The number of benzene rings is 1. The maximum atomic E-state index is 11.4. The zero-order chi connectivity index (χ0) is 14.8. The highest BCUT2D eigenvalue weighted by Gasteiger charge is 2.01. The van der Waals surface area contributed by atoms with Crippen molar-refractivity contribution in [2.24, 2.45) is 0 Å². The number of aliphatic hydroxyl groups excluding tert-OH is 1. The lowest BCUT2D eigenvalue weighted by Crippen LogP contribution is -2.37. The van der Waals surface area contributed by atoms with E-state index in [0.717, 1.165) is 17.7 Å². The van der Waals surface area contributed by atoms with Gasteiger partial charge in [0.15, 0.2) is 0 Å². The van der Waals surface area contributed by atoms with E-state index < -0.39 is 6.10 Å². The molecule has 3 N–H and O–H groups in total. The van der Waals surface area contributed by atoms with Crippen LogP contribution in [-0.4, -0.2) is 36.9 Å². The fraction of sp³-hybridized carbons (Fsp3) is 0.533. The molecule has 0 spiro atoms. The fourth-order valence-electron chi connectivity index (χ4n) is 1.63. The molecule has 0 fully saturated rings. The molecule has 0 saturated heterocycles. The summed E-state index contributed by atoms with van der Waals surface area (Å²) in [6, 6.07) is 7.65. The molecule has 1 aromatic carbocycles. The molecule has 1 unspecified atom stereocenters. The van der Waals surface area contributed by atoms with Crippen LogP contribution in [0.5, 0.6) is 5.75 Å². The number of carbonyl (C=O) groups excluding carboxylic acids is 1. The molecule has 0 aliphatic heterocycles. The Morgan fingerprint density at radius 2 is 2.00 bits per heavy atom. The van der Waals surface area contributed by atoms with Crippen LogP contribution in [0.25, 0.3) is 0 Å². The molecule has 5 heteroatoms. The van der Waals surface area contributed by atoms with Crippen LogP contribution in [0.3, 0.4) is 0 Å². The van der Waals surface area contributed by atoms with Crippen molar-refractivity contribution in [3.05, 3.63) is 29.8 Å². The zero-order valence-electron chi connectivity index (χ0n) is 12.2. The van der Waals surface area contributed by atoms with Crippen molar-refractivity contribution in [1.29, 1.82) is 0 Å². The number of rotatable bonds is 8. The minimum absolute atomic E-state index is 0.207. The van der Waals surface area contributed by atoms with Gasteiger partial charge in [0.25, 0.3) is 0 Å². The van der Waals surface area contributed by atoms with E-state index in [0.29, 0.717) is 26.1 Å². The summed E-state index contributed by atoms with van der Waals surface area (Å²) >= 11 is 0. The molecule has 112 valence electrons. The van der Waals surface area contributed by atoms with Gasteiger partial charge in [-0.25, -0.2) is 4.79 Å². The van der Waals surface area contributed by atoms with Gasteiger partial charge in [-0.2, -0.15) is 0 Å². The smallest absolute Gasteiger partial charge is 0.314 e. The molecule has 0 aliphatic carbocycles. The molecule has 0 saturated carbocycles. The summed E-state index contributed by atoms with van der Waals surface area (Å²) in [6.07, 6.45) is 0.917. The summed E-state index contributed by atoms with van der Waals surface area (Å²) in [5.74, 6) is 0.883.